The zero-order valence-electron chi connectivity index (χ0n) is 17.5. The van der Waals surface area contributed by atoms with E-state index in [-0.39, 0.29) is 11.9 Å². The maximum Gasteiger partial charge on any atom is 0.410 e. The van der Waals surface area contributed by atoms with E-state index in [9.17, 15) is 14.9 Å². The van der Waals surface area contributed by atoms with Crippen LogP contribution in [0.1, 0.15) is 33.6 Å². The van der Waals surface area contributed by atoms with Gasteiger partial charge in [-0.25, -0.2) is 4.79 Å². The molecule has 0 saturated carbocycles. The summed E-state index contributed by atoms with van der Waals surface area (Å²) >= 11 is 0. The van der Waals surface area contributed by atoms with E-state index < -0.39 is 10.5 Å². The number of amides is 1. The second kappa shape index (κ2) is 8.94. The van der Waals surface area contributed by atoms with Gasteiger partial charge in [0.05, 0.1) is 5.69 Å². The van der Waals surface area contributed by atoms with Gasteiger partial charge in [0, 0.05) is 51.9 Å². The van der Waals surface area contributed by atoms with Gasteiger partial charge in [0.15, 0.2) is 6.20 Å². The second-order valence-electron chi connectivity index (χ2n) is 8.83. The number of piperidine rings is 1. The molecule has 29 heavy (non-hydrogen) atoms. The number of hydrogen-bond donors (Lipinski definition) is 0. The Hall–Kier alpha value is -2.42. The smallest absolute Gasteiger partial charge is 0.410 e. The molecule has 160 valence electrons. The molecule has 0 aromatic carbocycles. The van der Waals surface area contributed by atoms with Crippen molar-refractivity contribution in [3.05, 3.63) is 28.4 Å². The lowest BCUT2D eigenvalue weighted by molar-refractivity contribution is -0.389. The van der Waals surface area contributed by atoms with Crippen LogP contribution in [0.25, 0.3) is 0 Å². The van der Waals surface area contributed by atoms with E-state index in [1.54, 1.807) is 12.3 Å². The van der Waals surface area contributed by atoms with Gasteiger partial charge in [0.2, 0.25) is 0 Å². The molecule has 9 heteroatoms. The Morgan fingerprint density at radius 3 is 2.34 bits per heavy atom. The second-order valence-corrected chi connectivity index (χ2v) is 8.83. The maximum atomic E-state index is 12.2. The van der Waals surface area contributed by atoms with Crippen LogP contribution in [0.4, 0.5) is 16.3 Å². The van der Waals surface area contributed by atoms with Crippen molar-refractivity contribution in [3.63, 3.8) is 0 Å². The largest absolute Gasteiger partial charge is 0.444 e. The van der Waals surface area contributed by atoms with Crippen molar-refractivity contribution in [2.24, 2.45) is 5.92 Å². The lowest BCUT2D eigenvalue weighted by Gasteiger charge is -2.39. The number of piperazine rings is 1. The van der Waals surface area contributed by atoms with Gasteiger partial charge in [-0.2, -0.15) is 0 Å². The number of likely N-dealkylation sites (tertiary alicyclic amines) is 1. The summed E-state index contributed by atoms with van der Waals surface area (Å²) in [6.45, 7) is 11.9. The average Bonchev–Trinajstić information content (AvgIpc) is 2.68. The quantitative estimate of drug-likeness (QED) is 0.562. The highest BCUT2D eigenvalue weighted by Crippen LogP contribution is 2.23. The van der Waals surface area contributed by atoms with Gasteiger partial charge >= 0.3 is 11.9 Å². The number of rotatable bonds is 4. The molecule has 0 spiro atoms. The van der Waals surface area contributed by atoms with E-state index in [1.165, 1.54) is 6.07 Å². The zero-order valence-corrected chi connectivity index (χ0v) is 17.5. The number of nitro groups is 1. The van der Waals surface area contributed by atoms with E-state index in [2.05, 4.69) is 14.8 Å². The third kappa shape index (κ3) is 6.03. The van der Waals surface area contributed by atoms with Gasteiger partial charge < -0.3 is 24.7 Å². The summed E-state index contributed by atoms with van der Waals surface area (Å²) in [6, 6.07) is 3.23. The molecule has 3 rings (SSSR count). The minimum Gasteiger partial charge on any atom is -0.444 e. The van der Waals surface area contributed by atoms with Crippen LogP contribution in [0.3, 0.4) is 0 Å². The molecule has 9 nitrogen and oxygen atoms in total. The number of aromatic nitrogens is 1. The lowest BCUT2D eigenvalue weighted by Crippen LogP contribution is -2.49. The van der Waals surface area contributed by atoms with Crippen LogP contribution < -0.4 is 4.90 Å². The summed E-state index contributed by atoms with van der Waals surface area (Å²) in [6.07, 6.45) is 3.39. The molecule has 2 saturated heterocycles. The first-order valence-corrected chi connectivity index (χ1v) is 10.3. The van der Waals surface area contributed by atoms with Gasteiger partial charge in [-0.1, -0.05) is 0 Å². The van der Waals surface area contributed by atoms with Gasteiger partial charge in [-0.05, 0) is 55.5 Å². The van der Waals surface area contributed by atoms with Crippen LogP contribution in [0.2, 0.25) is 0 Å². The first-order chi connectivity index (χ1) is 13.7. The fourth-order valence-corrected chi connectivity index (χ4v) is 3.85. The third-order valence-corrected chi connectivity index (χ3v) is 5.44. The molecule has 0 aliphatic carbocycles. The minimum absolute atomic E-state index is 0.120. The summed E-state index contributed by atoms with van der Waals surface area (Å²) in [5, 5.41) is 10.7. The van der Waals surface area contributed by atoms with Crippen LogP contribution in [-0.2, 0) is 4.74 Å². The molecular formula is C20H31N5O4. The van der Waals surface area contributed by atoms with Gasteiger partial charge in [0.1, 0.15) is 5.60 Å². The molecule has 0 radical (unpaired) electrons. The van der Waals surface area contributed by atoms with Crippen LogP contribution in [0, 0.1) is 16.0 Å². The fourth-order valence-electron chi connectivity index (χ4n) is 3.85. The van der Waals surface area contributed by atoms with E-state index >= 15 is 0 Å². The molecule has 0 atom stereocenters. The van der Waals surface area contributed by atoms with Gasteiger partial charge in [-0.15, -0.1) is 0 Å². The van der Waals surface area contributed by atoms with E-state index in [4.69, 9.17) is 4.74 Å². The highest BCUT2D eigenvalue weighted by Gasteiger charge is 2.28. The molecule has 1 aromatic heterocycles. The van der Waals surface area contributed by atoms with Crippen LogP contribution in [-0.4, -0.2) is 77.2 Å². The molecule has 2 aliphatic rings. The molecule has 0 bridgehead atoms. The Balaban J connectivity index is 1.40. The van der Waals surface area contributed by atoms with Crippen LogP contribution in [0.15, 0.2) is 18.3 Å². The number of hydrogen-bond acceptors (Lipinski definition) is 7. The Morgan fingerprint density at radius 1 is 1.17 bits per heavy atom. The zero-order chi connectivity index (χ0) is 21.0. The minimum atomic E-state index is -0.476. The number of nitrogens with zero attached hydrogens (tertiary/aromatic N) is 5. The first kappa shape index (κ1) is 21.3. The fraction of sp³-hybridized carbons (Fsp3) is 0.700. The molecule has 1 aromatic rings. The summed E-state index contributed by atoms with van der Waals surface area (Å²) in [4.78, 5) is 32.9. The van der Waals surface area contributed by atoms with Crippen molar-refractivity contribution in [3.8, 4) is 0 Å². The molecule has 1 amide bonds. The summed E-state index contributed by atoms with van der Waals surface area (Å²) in [7, 11) is 0. The Kier molecular flexibility index (Phi) is 6.56. The molecule has 0 unspecified atom stereocenters. The van der Waals surface area contributed by atoms with Gasteiger partial charge in [0.25, 0.3) is 0 Å². The molecule has 0 N–H and O–H groups in total. The molecular weight excluding hydrogens is 374 g/mol. The van der Waals surface area contributed by atoms with E-state index in [0.29, 0.717) is 5.92 Å². The monoisotopic (exact) mass is 405 g/mol. The van der Waals surface area contributed by atoms with Crippen molar-refractivity contribution >= 4 is 17.6 Å². The van der Waals surface area contributed by atoms with E-state index in [1.807, 2.05) is 25.7 Å². The van der Waals surface area contributed by atoms with Crippen molar-refractivity contribution in [1.82, 2.24) is 14.8 Å². The summed E-state index contributed by atoms with van der Waals surface area (Å²) < 4.78 is 5.47. The molecule has 3 heterocycles. The Morgan fingerprint density at radius 2 is 1.83 bits per heavy atom. The van der Waals surface area contributed by atoms with Crippen molar-refractivity contribution in [2.75, 3.05) is 50.7 Å². The molecule has 2 aliphatic heterocycles. The summed E-state index contributed by atoms with van der Waals surface area (Å²) in [5.41, 5.74) is 0.480. The number of carbonyl (C=O) groups is 1. The van der Waals surface area contributed by atoms with Crippen molar-refractivity contribution in [2.45, 2.75) is 39.2 Å². The topological polar surface area (TPSA) is 92.0 Å². The SMILES string of the molecule is CC(C)(C)OC(=O)N1CCC(CN2CCN(c3ccc([N+](=O)[O-])nc3)CC2)CC1. The number of anilines is 1. The van der Waals surface area contributed by atoms with Crippen LogP contribution in [0.5, 0.6) is 0 Å². The highest BCUT2D eigenvalue weighted by molar-refractivity contribution is 5.68. The third-order valence-electron chi connectivity index (χ3n) is 5.44. The number of carbonyl (C=O) groups excluding carboxylic acids is 1. The first-order valence-electron chi connectivity index (χ1n) is 10.3. The molecule has 2 fully saturated rings. The maximum absolute atomic E-state index is 12.2. The standard InChI is InChI=1S/C20H31N5O4/c1-20(2,3)29-19(26)24-8-6-16(7-9-24)15-22-10-12-23(13-11-22)17-4-5-18(21-14-17)25(27)28/h4-5,14,16H,6-13,15H2,1-3H3. The van der Waals surface area contributed by atoms with Crippen molar-refractivity contribution in [1.29, 1.82) is 0 Å². The summed E-state index contributed by atoms with van der Waals surface area (Å²) in [5.74, 6) is 0.478. The Labute approximate surface area is 171 Å². The highest BCUT2D eigenvalue weighted by atomic mass is 16.6. The lowest BCUT2D eigenvalue weighted by atomic mass is 9.96. The predicted octanol–water partition coefficient (Wildman–Crippen LogP) is 2.76. The van der Waals surface area contributed by atoms with Crippen LogP contribution >= 0.6 is 0 Å². The Bertz CT molecular complexity index is 703. The van der Waals surface area contributed by atoms with Gasteiger partial charge in [-0.3, -0.25) is 4.90 Å². The normalized spacial score (nSPS) is 19.3. The predicted molar refractivity (Wildman–Crippen MR) is 110 cm³/mol. The average molecular weight is 405 g/mol. The number of pyridine rings is 1. The van der Waals surface area contributed by atoms with Crippen molar-refractivity contribution < 1.29 is 14.5 Å². The number of ether oxygens (including phenoxy) is 1. The van der Waals surface area contributed by atoms with E-state index in [0.717, 1.165) is 64.3 Å².